The van der Waals surface area contributed by atoms with Crippen LogP contribution in [0.2, 0.25) is 0 Å². The van der Waals surface area contributed by atoms with Gasteiger partial charge in [-0.15, -0.1) is 0 Å². The van der Waals surface area contributed by atoms with Crippen molar-refractivity contribution in [2.24, 2.45) is 0 Å². The lowest BCUT2D eigenvalue weighted by atomic mass is 9.70. The Bertz CT molecular complexity index is 4210. The Morgan fingerprint density at radius 1 is 0.290 bits per heavy atom. The van der Waals surface area contributed by atoms with Gasteiger partial charge in [0.25, 0.3) is 0 Å². The van der Waals surface area contributed by atoms with Crippen LogP contribution in [0.1, 0.15) is 22.3 Å². The maximum atomic E-state index is 7.60. The number of para-hydroxylation sites is 2. The minimum absolute atomic E-state index is 0.497. The van der Waals surface area contributed by atoms with Crippen LogP contribution >= 0.6 is 0 Å². The number of furan rings is 1. The molecule has 0 aliphatic heterocycles. The van der Waals surface area contributed by atoms with Gasteiger partial charge >= 0.3 is 0 Å². The number of benzene rings is 12. The average Bonchev–Trinajstić information content (AvgIpc) is 4.05. The second-order valence-electron chi connectivity index (χ2n) is 18.6. The predicted molar refractivity (Wildman–Crippen MR) is 288 cm³/mol. The largest absolute Gasteiger partial charge is 0.453 e. The van der Waals surface area contributed by atoms with E-state index in [2.05, 4.69) is 254 Å². The Balaban J connectivity index is 1.04. The zero-order chi connectivity index (χ0) is 45.2. The van der Waals surface area contributed by atoms with Crippen LogP contribution in [0, 0.1) is 0 Å². The first-order valence-corrected chi connectivity index (χ1v) is 23.9. The third kappa shape index (κ3) is 5.26. The highest BCUT2D eigenvalue weighted by Crippen LogP contribution is 2.63. The van der Waals surface area contributed by atoms with Crippen LogP contribution in [-0.2, 0) is 5.41 Å². The highest BCUT2D eigenvalue weighted by Gasteiger charge is 2.51. The second kappa shape index (κ2) is 14.5. The van der Waals surface area contributed by atoms with Crippen molar-refractivity contribution < 1.29 is 4.42 Å². The van der Waals surface area contributed by atoms with E-state index in [0.717, 1.165) is 61.1 Å². The van der Waals surface area contributed by atoms with Crippen molar-refractivity contribution >= 4 is 71.3 Å². The molecule has 0 amide bonds. The monoisotopic (exact) mass is 875 g/mol. The molecule has 2 aliphatic carbocycles. The van der Waals surface area contributed by atoms with E-state index in [4.69, 9.17) is 4.42 Å². The van der Waals surface area contributed by atoms with Crippen molar-refractivity contribution in [2.75, 3.05) is 4.90 Å². The molecule has 0 radical (unpaired) electrons. The summed E-state index contributed by atoms with van der Waals surface area (Å²) >= 11 is 0. The van der Waals surface area contributed by atoms with E-state index in [1.165, 1.54) is 77.0 Å². The van der Waals surface area contributed by atoms with Crippen molar-refractivity contribution in [3.05, 3.63) is 271 Å². The highest BCUT2D eigenvalue weighted by molar-refractivity contribution is 6.24. The van der Waals surface area contributed by atoms with E-state index in [1.54, 1.807) is 0 Å². The summed E-state index contributed by atoms with van der Waals surface area (Å²) in [5.41, 5.74) is 19.3. The minimum Gasteiger partial charge on any atom is -0.453 e. The van der Waals surface area contributed by atoms with E-state index in [1.807, 2.05) is 0 Å². The fourth-order valence-electron chi connectivity index (χ4n) is 12.4. The summed E-state index contributed by atoms with van der Waals surface area (Å²) < 4.78 is 7.60. The lowest BCUT2D eigenvalue weighted by Crippen LogP contribution is -2.26. The highest BCUT2D eigenvalue weighted by atomic mass is 16.3. The first kappa shape index (κ1) is 38.2. The maximum absolute atomic E-state index is 7.60. The normalized spacial score (nSPS) is 13.0. The first-order valence-electron chi connectivity index (χ1n) is 23.9. The molecular weight excluding hydrogens is 835 g/mol. The summed E-state index contributed by atoms with van der Waals surface area (Å²) in [5, 5.41) is 9.40. The number of fused-ring (bicyclic) bond motifs is 17. The third-order valence-corrected chi connectivity index (χ3v) is 15.2. The zero-order valence-electron chi connectivity index (χ0n) is 37.5. The molecule has 2 nitrogen and oxygen atoms in total. The number of anilines is 3. The van der Waals surface area contributed by atoms with Crippen LogP contribution in [0.4, 0.5) is 17.1 Å². The Hall–Kier alpha value is -8.98. The molecule has 0 saturated carbocycles. The number of hydrogen-bond donors (Lipinski definition) is 0. The van der Waals surface area contributed by atoms with Crippen LogP contribution in [0.5, 0.6) is 0 Å². The molecule has 1 aromatic heterocycles. The summed E-state index contributed by atoms with van der Waals surface area (Å²) in [4.78, 5) is 2.46. The van der Waals surface area contributed by atoms with Gasteiger partial charge in [-0.25, -0.2) is 0 Å². The number of rotatable bonds is 5. The van der Waals surface area contributed by atoms with E-state index in [0.29, 0.717) is 0 Å². The van der Waals surface area contributed by atoms with Gasteiger partial charge < -0.3 is 9.32 Å². The molecule has 2 heteroatoms. The van der Waals surface area contributed by atoms with E-state index >= 15 is 0 Å². The van der Waals surface area contributed by atoms with Crippen molar-refractivity contribution in [3.63, 3.8) is 0 Å². The van der Waals surface area contributed by atoms with Gasteiger partial charge in [0.05, 0.1) is 16.8 Å². The molecule has 2 aliphatic rings. The molecule has 0 fully saturated rings. The lowest BCUT2D eigenvalue weighted by Gasteiger charge is -2.32. The SMILES string of the molecule is c1ccc(-c2ccccc2N(c2ccc3c(c2)C2(c4ccccc4-c4ccccc42)c2ccccc2-3)c2cccc3c2oc2c(-c4cc5ccccc5c5ccccc45)c4ccccc4cc23)cc1. The Morgan fingerprint density at radius 3 is 1.52 bits per heavy atom. The molecule has 0 bridgehead atoms. The van der Waals surface area contributed by atoms with Crippen molar-refractivity contribution in [2.45, 2.75) is 5.41 Å². The molecule has 1 heterocycles. The predicted octanol–water partition coefficient (Wildman–Crippen LogP) is 18.2. The minimum atomic E-state index is -0.497. The molecule has 13 aromatic rings. The smallest absolute Gasteiger partial charge is 0.159 e. The fraction of sp³-hybridized carbons (Fsp3) is 0.0149. The topological polar surface area (TPSA) is 16.4 Å². The van der Waals surface area contributed by atoms with Crippen molar-refractivity contribution in [1.82, 2.24) is 0 Å². The molecular formula is C67H41NO. The van der Waals surface area contributed by atoms with Gasteiger partial charge in [-0.2, -0.15) is 0 Å². The Labute approximate surface area is 399 Å². The summed E-state index contributed by atoms with van der Waals surface area (Å²) in [6.07, 6.45) is 0. The first-order chi connectivity index (χ1) is 34.3. The van der Waals surface area contributed by atoms with E-state index < -0.39 is 5.41 Å². The van der Waals surface area contributed by atoms with E-state index in [-0.39, 0.29) is 0 Å². The summed E-state index contributed by atoms with van der Waals surface area (Å²) in [6.45, 7) is 0. The van der Waals surface area contributed by atoms with Crippen LogP contribution in [0.3, 0.4) is 0 Å². The van der Waals surface area contributed by atoms with Gasteiger partial charge in [-0.3, -0.25) is 0 Å². The Morgan fingerprint density at radius 2 is 0.812 bits per heavy atom. The molecule has 12 aromatic carbocycles. The van der Waals surface area contributed by atoms with Gasteiger partial charge in [0, 0.05) is 27.6 Å². The molecule has 1 spiro atoms. The van der Waals surface area contributed by atoms with E-state index in [9.17, 15) is 0 Å². The quantitative estimate of drug-likeness (QED) is 0.160. The van der Waals surface area contributed by atoms with Crippen molar-refractivity contribution in [3.8, 4) is 44.5 Å². The molecule has 69 heavy (non-hydrogen) atoms. The maximum Gasteiger partial charge on any atom is 0.159 e. The third-order valence-electron chi connectivity index (χ3n) is 15.2. The average molecular weight is 876 g/mol. The van der Waals surface area contributed by atoms with Gasteiger partial charge in [0.15, 0.2) is 5.58 Å². The fourth-order valence-corrected chi connectivity index (χ4v) is 12.4. The van der Waals surface area contributed by atoms with Gasteiger partial charge in [-0.05, 0) is 124 Å². The van der Waals surface area contributed by atoms with Crippen molar-refractivity contribution in [1.29, 1.82) is 0 Å². The number of nitrogens with zero attached hydrogens (tertiary/aromatic N) is 1. The molecule has 0 unspecified atom stereocenters. The molecule has 0 saturated heterocycles. The molecule has 0 N–H and O–H groups in total. The Kier molecular flexibility index (Phi) is 8.02. The summed E-state index contributed by atoms with van der Waals surface area (Å²) in [6, 6.07) is 91.7. The summed E-state index contributed by atoms with van der Waals surface area (Å²) in [7, 11) is 0. The van der Waals surface area contributed by atoms with Gasteiger partial charge in [0.1, 0.15) is 5.58 Å². The second-order valence-corrected chi connectivity index (χ2v) is 18.6. The standard InChI is InChI=1S/C67H41NO/c1-2-19-42(20-3-1)47-24-13-17-35-62(47)68(45-37-38-54-53-30-12-16-34-60(53)67(61(54)41-45)58-32-14-10-28-51(58)52-29-11-15-33-59(52)67)63-36-18-31-55-57-40-44-22-5-7-25-48(44)64(66(57)69-65(55)63)56-39-43-21-4-6-23-46(43)49-26-8-9-27-50(49)56/h1-41H. The van der Waals surface area contributed by atoms with Crippen LogP contribution in [-0.4, -0.2) is 0 Å². The zero-order valence-corrected chi connectivity index (χ0v) is 37.5. The number of hydrogen-bond acceptors (Lipinski definition) is 2. The molecule has 15 rings (SSSR count). The molecule has 0 atom stereocenters. The van der Waals surface area contributed by atoms with Crippen LogP contribution in [0.15, 0.2) is 253 Å². The van der Waals surface area contributed by atoms with Gasteiger partial charge in [0.2, 0.25) is 0 Å². The van der Waals surface area contributed by atoms with Crippen LogP contribution < -0.4 is 4.90 Å². The van der Waals surface area contributed by atoms with Gasteiger partial charge in [-0.1, -0.05) is 212 Å². The summed E-state index contributed by atoms with van der Waals surface area (Å²) in [5.74, 6) is 0. The van der Waals surface area contributed by atoms with Crippen LogP contribution in [0.25, 0.3) is 98.8 Å². The molecule has 320 valence electrons. The lowest BCUT2D eigenvalue weighted by molar-refractivity contribution is 0.670.